The lowest BCUT2D eigenvalue weighted by Gasteiger charge is -2.29. The van der Waals surface area contributed by atoms with E-state index >= 15 is 0 Å². The molecule has 0 bridgehead atoms. The maximum Gasteiger partial charge on any atom is 0.262 e. The van der Waals surface area contributed by atoms with E-state index in [9.17, 15) is 19.2 Å². The fourth-order valence-corrected chi connectivity index (χ4v) is 5.34. The highest BCUT2D eigenvalue weighted by Gasteiger charge is 2.39. The molecule has 1 unspecified atom stereocenters. The van der Waals surface area contributed by atoms with Crippen LogP contribution in [0.25, 0.3) is 0 Å². The molecule has 4 amide bonds. The Morgan fingerprint density at radius 2 is 1.89 bits per heavy atom. The van der Waals surface area contributed by atoms with Crippen LogP contribution in [0, 0.1) is 0 Å². The Morgan fingerprint density at radius 1 is 1.00 bits per heavy atom. The summed E-state index contributed by atoms with van der Waals surface area (Å²) in [7, 11) is 0. The number of benzene rings is 2. The predicted octanol–water partition coefficient (Wildman–Crippen LogP) is 1.43. The minimum Gasteiger partial charge on any atom is -0.489 e. The number of carbonyl (C=O) groups excluding carboxylic acids is 4. The molecule has 10 nitrogen and oxygen atoms in total. The van der Waals surface area contributed by atoms with Gasteiger partial charge in [0.05, 0.1) is 5.69 Å². The van der Waals surface area contributed by atoms with Crippen molar-refractivity contribution in [2.24, 2.45) is 0 Å². The summed E-state index contributed by atoms with van der Waals surface area (Å²) >= 11 is 0. The molecule has 36 heavy (non-hydrogen) atoms. The molecule has 0 aliphatic carbocycles. The molecular formula is C26H26N4O6. The van der Waals surface area contributed by atoms with E-state index in [1.165, 1.54) is 0 Å². The number of amides is 4. The van der Waals surface area contributed by atoms with Crippen molar-refractivity contribution in [1.82, 2.24) is 15.1 Å². The first kappa shape index (κ1) is 22.5. The summed E-state index contributed by atoms with van der Waals surface area (Å²) in [6.07, 6.45) is 1.47. The highest BCUT2D eigenvalue weighted by Crippen LogP contribution is 2.32. The van der Waals surface area contributed by atoms with Crippen molar-refractivity contribution < 1.29 is 28.7 Å². The molecule has 10 heteroatoms. The number of imide groups is 1. The third-order valence-electron chi connectivity index (χ3n) is 7.11. The summed E-state index contributed by atoms with van der Waals surface area (Å²) in [6, 6.07) is 10.7. The highest BCUT2D eigenvalue weighted by molar-refractivity contribution is 6.05. The SMILES string of the molecule is O=C1CCC(N2Cc3cc(O[C@H]4CCN(Cc5ccc6c(c5)NC(=O)CO6)C4)ccc3C2=O)C(=O)N1. The third-order valence-corrected chi connectivity index (χ3v) is 7.11. The Labute approximate surface area is 207 Å². The van der Waals surface area contributed by atoms with Crippen LogP contribution in [0.5, 0.6) is 11.5 Å². The van der Waals surface area contributed by atoms with Crippen molar-refractivity contribution >= 4 is 29.3 Å². The lowest BCUT2D eigenvalue weighted by atomic mass is 10.0. The zero-order valence-corrected chi connectivity index (χ0v) is 19.6. The molecule has 4 aliphatic heterocycles. The smallest absolute Gasteiger partial charge is 0.262 e. The number of hydrogen-bond donors (Lipinski definition) is 2. The maximum atomic E-state index is 12.9. The first-order valence-electron chi connectivity index (χ1n) is 12.1. The van der Waals surface area contributed by atoms with Crippen molar-refractivity contribution in [3.8, 4) is 11.5 Å². The summed E-state index contributed by atoms with van der Waals surface area (Å²) < 4.78 is 11.7. The van der Waals surface area contributed by atoms with Gasteiger partial charge in [-0.3, -0.25) is 29.4 Å². The number of rotatable bonds is 5. The van der Waals surface area contributed by atoms with Crippen molar-refractivity contribution in [2.45, 2.75) is 44.5 Å². The number of hydrogen-bond acceptors (Lipinski definition) is 7. The predicted molar refractivity (Wildman–Crippen MR) is 127 cm³/mol. The van der Waals surface area contributed by atoms with Gasteiger partial charge in [-0.1, -0.05) is 6.07 Å². The Balaban J connectivity index is 1.07. The van der Waals surface area contributed by atoms with Gasteiger partial charge in [-0.2, -0.15) is 0 Å². The van der Waals surface area contributed by atoms with Gasteiger partial charge in [-0.05, 0) is 54.3 Å². The fourth-order valence-electron chi connectivity index (χ4n) is 5.34. The number of piperidine rings is 1. The Kier molecular flexibility index (Phi) is 5.60. The average molecular weight is 491 g/mol. The summed E-state index contributed by atoms with van der Waals surface area (Å²) in [5.41, 5.74) is 3.19. The first-order chi connectivity index (χ1) is 17.4. The topological polar surface area (TPSA) is 117 Å². The van der Waals surface area contributed by atoms with Crippen LogP contribution in [-0.2, 0) is 27.5 Å². The van der Waals surface area contributed by atoms with Crippen LogP contribution in [-0.4, -0.2) is 65.3 Å². The molecule has 0 aromatic heterocycles. The van der Waals surface area contributed by atoms with Crippen LogP contribution in [0.3, 0.4) is 0 Å². The molecule has 2 aromatic carbocycles. The van der Waals surface area contributed by atoms with Crippen LogP contribution in [0.4, 0.5) is 5.69 Å². The molecule has 4 heterocycles. The number of ether oxygens (including phenoxy) is 2. The van der Waals surface area contributed by atoms with E-state index in [4.69, 9.17) is 9.47 Å². The first-order valence-corrected chi connectivity index (χ1v) is 12.1. The number of nitrogens with zero attached hydrogens (tertiary/aromatic N) is 2. The number of fused-ring (bicyclic) bond motifs is 2. The van der Waals surface area contributed by atoms with Gasteiger partial charge in [0, 0.05) is 38.2 Å². The van der Waals surface area contributed by atoms with E-state index in [0.717, 1.165) is 37.2 Å². The summed E-state index contributed by atoms with van der Waals surface area (Å²) in [6.45, 7) is 2.76. The molecule has 2 atom stereocenters. The lowest BCUT2D eigenvalue weighted by molar-refractivity contribution is -0.137. The fraction of sp³-hybridized carbons (Fsp3) is 0.385. The van der Waals surface area contributed by atoms with Crippen LogP contribution in [0.1, 0.15) is 40.7 Å². The highest BCUT2D eigenvalue weighted by atomic mass is 16.5. The molecule has 2 saturated heterocycles. The number of likely N-dealkylation sites (tertiary alicyclic amines) is 1. The Morgan fingerprint density at radius 3 is 2.75 bits per heavy atom. The van der Waals surface area contributed by atoms with Gasteiger partial charge < -0.3 is 19.7 Å². The van der Waals surface area contributed by atoms with E-state index in [-0.39, 0.29) is 36.9 Å². The molecule has 0 radical (unpaired) electrons. The standard InChI is InChI=1S/C26H26N4O6/c31-23-6-4-21(25(33)28-23)30-12-16-10-17(2-3-19(16)26(30)34)36-18-7-8-29(13-18)11-15-1-5-22-20(9-15)27-24(32)14-35-22/h1-3,5,9-10,18,21H,4,6-8,11-14H2,(H,27,32)(H,28,31,33)/t18-,21?/m0/s1. The molecular weight excluding hydrogens is 464 g/mol. The van der Waals surface area contributed by atoms with E-state index in [0.29, 0.717) is 35.7 Å². The van der Waals surface area contributed by atoms with Gasteiger partial charge in [0.25, 0.3) is 11.8 Å². The molecule has 0 spiro atoms. The van der Waals surface area contributed by atoms with E-state index < -0.39 is 11.9 Å². The summed E-state index contributed by atoms with van der Waals surface area (Å²) in [5, 5.41) is 5.17. The van der Waals surface area contributed by atoms with Gasteiger partial charge >= 0.3 is 0 Å². The normalized spacial score (nSPS) is 23.6. The molecule has 2 aromatic rings. The van der Waals surface area contributed by atoms with E-state index in [1.807, 2.05) is 24.3 Å². The molecule has 186 valence electrons. The monoisotopic (exact) mass is 490 g/mol. The lowest BCUT2D eigenvalue weighted by Crippen LogP contribution is -2.52. The van der Waals surface area contributed by atoms with Gasteiger partial charge in [0.15, 0.2) is 6.61 Å². The third kappa shape index (κ3) is 4.28. The van der Waals surface area contributed by atoms with Gasteiger partial charge in [-0.15, -0.1) is 0 Å². The molecule has 2 fully saturated rings. The van der Waals surface area contributed by atoms with Crippen LogP contribution >= 0.6 is 0 Å². The van der Waals surface area contributed by atoms with Crippen LogP contribution < -0.4 is 20.1 Å². The minimum absolute atomic E-state index is 0.0204. The minimum atomic E-state index is -0.626. The second kappa shape index (κ2) is 8.94. The van der Waals surface area contributed by atoms with Crippen molar-refractivity contribution in [3.63, 3.8) is 0 Å². The number of carbonyl (C=O) groups is 4. The van der Waals surface area contributed by atoms with Crippen LogP contribution in [0.2, 0.25) is 0 Å². The van der Waals surface area contributed by atoms with Crippen LogP contribution in [0.15, 0.2) is 36.4 Å². The zero-order valence-electron chi connectivity index (χ0n) is 19.6. The summed E-state index contributed by atoms with van der Waals surface area (Å²) in [5.74, 6) is 0.340. The van der Waals surface area contributed by atoms with E-state index in [2.05, 4.69) is 15.5 Å². The van der Waals surface area contributed by atoms with E-state index in [1.54, 1.807) is 17.0 Å². The second-order valence-corrected chi connectivity index (χ2v) is 9.65. The van der Waals surface area contributed by atoms with Crippen molar-refractivity contribution in [1.29, 1.82) is 0 Å². The summed E-state index contributed by atoms with van der Waals surface area (Å²) in [4.78, 5) is 52.0. The zero-order chi connectivity index (χ0) is 24.8. The van der Waals surface area contributed by atoms with Gasteiger partial charge in [0.1, 0.15) is 23.6 Å². The molecule has 4 aliphatic rings. The van der Waals surface area contributed by atoms with Gasteiger partial charge in [0.2, 0.25) is 11.8 Å². The Bertz CT molecular complexity index is 1280. The van der Waals surface area contributed by atoms with Gasteiger partial charge in [-0.25, -0.2) is 0 Å². The maximum absolute atomic E-state index is 12.9. The number of nitrogens with one attached hydrogen (secondary N) is 2. The van der Waals surface area contributed by atoms with Crippen molar-refractivity contribution in [3.05, 3.63) is 53.1 Å². The molecule has 6 rings (SSSR count). The quantitative estimate of drug-likeness (QED) is 0.609. The molecule has 2 N–H and O–H groups in total. The number of anilines is 1. The Hall–Kier alpha value is -3.92. The molecule has 0 saturated carbocycles. The van der Waals surface area contributed by atoms with Crippen molar-refractivity contribution in [2.75, 3.05) is 25.0 Å². The average Bonchev–Trinajstić information content (AvgIpc) is 3.42. The second-order valence-electron chi connectivity index (χ2n) is 9.65. The largest absolute Gasteiger partial charge is 0.489 e.